The van der Waals surface area contributed by atoms with Gasteiger partial charge in [0.1, 0.15) is 5.75 Å². The third-order valence-corrected chi connectivity index (χ3v) is 5.20. The summed E-state index contributed by atoms with van der Waals surface area (Å²) in [5, 5.41) is 13.4. The van der Waals surface area contributed by atoms with E-state index in [-0.39, 0.29) is 27.6 Å². The second-order valence-corrected chi connectivity index (χ2v) is 7.14. The zero-order valence-corrected chi connectivity index (χ0v) is 15.1. The lowest BCUT2D eigenvalue weighted by molar-refractivity contribution is -0.384. The average Bonchev–Trinajstić information content (AvgIpc) is 2.62. The van der Waals surface area contributed by atoms with E-state index in [2.05, 4.69) is 10.0 Å². The molecule has 0 aliphatic carbocycles. The summed E-state index contributed by atoms with van der Waals surface area (Å²) in [4.78, 5) is 22.8. The molecule has 9 nitrogen and oxygen atoms in total. The van der Waals surface area contributed by atoms with Crippen LogP contribution in [0.4, 0.5) is 11.4 Å². The Bertz CT molecular complexity index is 972. The topological polar surface area (TPSA) is 128 Å². The summed E-state index contributed by atoms with van der Waals surface area (Å²) in [6.07, 6.45) is 0. The molecule has 0 atom stereocenters. The summed E-state index contributed by atoms with van der Waals surface area (Å²) >= 11 is 0. The van der Waals surface area contributed by atoms with Crippen molar-refractivity contribution >= 4 is 27.3 Å². The number of nitro benzene ring substituents is 1. The number of benzene rings is 2. The highest BCUT2D eigenvalue weighted by molar-refractivity contribution is 7.89. The number of non-ortho nitro benzene ring substituents is 1. The Balaban J connectivity index is 2.41. The summed E-state index contributed by atoms with van der Waals surface area (Å²) in [5.74, 6) is -0.509. The second-order valence-electron chi connectivity index (χ2n) is 5.28. The molecule has 2 N–H and O–H groups in total. The number of methoxy groups -OCH3 is 1. The molecular formula is C16H17N3O6S. The molecule has 2 aromatic carbocycles. The molecule has 0 radical (unpaired) electrons. The molecule has 0 bridgehead atoms. The Kier molecular flexibility index (Phi) is 5.58. The molecular weight excluding hydrogens is 362 g/mol. The van der Waals surface area contributed by atoms with Crippen molar-refractivity contribution < 1.29 is 22.9 Å². The highest BCUT2D eigenvalue weighted by Gasteiger charge is 2.19. The highest BCUT2D eigenvalue weighted by Crippen LogP contribution is 2.26. The normalized spacial score (nSPS) is 11.0. The molecule has 2 aromatic rings. The van der Waals surface area contributed by atoms with Crippen molar-refractivity contribution in [3.8, 4) is 5.75 Å². The van der Waals surface area contributed by atoms with Gasteiger partial charge in [-0.1, -0.05) is 6.07 Å². The van der Waals surface area contributed by atoms with E-state index in [1.807, 2.05) is 0 Å². The number of sulfonamides is 1. The van der Waals surface area contributed by atoms with Crippen molar-refractivity contribution in [3.63, 3.8) is 0 Å². The van der Waals surface area contributed by atoms with Gasteiger partial charge in [-0.25, -0.2) is 13.1 Å². The van der Waals surface area contributed by atoms with Crippen molar-refractivity contribution in [1.82, 2.24) is 4.72 Å². The first-order valence-electron chi connectivity index (χ1n) is 7.37. The molecule has 26 heavy (non-hydrogen) atoms. The van der Waals surface area contributed by atoms with Gasteiger partial charge in [0.05, 0.1) is 22.5 Å². The van der Waals surface area contributed by atoms with Crippen LogP contribution in [-0.2, 0) is 10.0 Å². The molecule has 0 aliphatic heterocycles. The fourth-order valence-corrected chi connectivity index (χ4v) is 3.26. The number of nitro groups is 1. The van der Waals surface area contributed by atoms with Crippen molar-refractivity contribution in [1.29, 1.82) is 0 Å². The van der Waals surface area contributed by atoms with Crippen LogP contribution in [0.2, 0.25) is 0 Å². The van der Waals surface area contributed by atoms with Crippen LogP contribution in [0.3, 0.4) is 0 Å². The zero-order chi connectivity index (χ0) is 19.5. The van der Waals surface area contributed by atoms with Crippen molar-refractivity contribution in [2.75, 3.05) is 19.5 Å². The van der Waals surface area contributed by atoms with E-state index in [0.717, 1.165) is 6.07 Å². The van der Waals surface area contributed by atoms with Gasteiger partial charge in [0.15, 0.2) is 0 Å². The molecule has 0 aromatic heterocycles. The van der Waals surface area contributed by atoms with Gasteiger partial charge in [0.2, 0.25) is 10.0 Å². The van der Waals surface area contributed by atoms with Crippen LogP contribution in [0.15, 0.2) is 41.3 Å². The largest absolute Gasteiger partial charge is 0.496 e. The van der Waals surface area contributed by atoms with E-state index in [1.54, 1.807) is 13.0 Å². The van der Waals surface area contributed by atoms with Gasteiger partial charge >= 0.3 is 0 Å². The van der Waals surface area contributed by atoms with Crippen LogP contribution in [0, 0.1) is 17.0 Å². The summed E-state index contributed by atoms with van der Waals surface area (Å²) in [6, 6.07) is 8.02. The molecule has 0 saturated carbocycles. The third-order valence-electron chi connectivity index (χ3n) is 3.64. The Morgan fingerprint density at radius 1 is 1.19 bits per heavy atom. The Hall–Kier alpha value is -2.98. The number of carbonyl (C=O) groups is 1. The molecule has 10 heteroatoms. The van der Waals surface area contributed by atoms with Crippen LogP contribution >= 0.6 is 0 Å². The standard InChI is InChI=1S/C16H17N3O6S/c1-10-4-5-11(8-15(10)26(23,24)17-2)18-16(20)13-9-12(19(21)22)6-7-14(13)25-3/h4-9,17H,1-3H3,(H,18,20). The molecule has 0 unspecified atom stereocenters. The highest BCUT2D eigenvalue weighted by atomic mass is 32.2. The predicted molar refractivity (Wildman–Crippen MR) is 95.0 cm³/mol. The minimum atomic E-state index is -3.70. The number of hydrogen-bond acceptors (Lipinski definition) is 6. The first-order valence-corrected chi connectivity index (χ1v) is 8.86. The van der Waals surface area contributed by atoms with E-state index in [1.165, 1.54) is 38.4 Å². The number of nitrogens with zero attached hydrogens (tertiary/aromatic N) is 1. The minimum Gasteiger partial charge on any atom is -0.496 e. The summed E-state index contributed by atoms with van der Waals surface area (Å²) in [6.45, 7) is 1.62. The predicted octanol–water partition coefficient (Wildman–Crippen LogP) is 2.07. The maximum absolute atomic E-state index is 12.5. The third kappa shape index (κ3) is 3.98. The van der Waals surface area contributed by atoms with Crippen LogP contribution in [-0.4, -0.2) is 33.4 Å². The fraction of sp³-hybridized carbons (Fsp3) is 0.188. The zero-order valence-electron chi connectivity index (χ0n) is 14.3. The molecule has 0 spiro atoms. The molecule has 0 saturated heterocycles. The van der Waals surface area contributed by atoms with Crippen molar-refractivity contribution in [2.45, 2.75) is 11.8 Å². The van der Waals surface area contributed by atoms with Gasteiger partial charge in [-0.15, -0.1) is 0 Å². The van der Waals surface area contributed by atoms with Gasteiger partial charge in [0, 0.05) is 17.8 Å². The number of rotatable bonds is 6. The Labute approximate surface area is 150 Å². The lowest BCUT2D eigenvalue weighted by Gasteiger charge is -2.12. The lowest BCUT2D eigenvalue weighted by Crippen LogP contribution is -2.20. The first kappa shape index (κ1) is 19.3. The molecule has 2 rings (SSSR count). The van der Waals surface area contributed by atoms with Gasteiger partial charge in [-0.2, -0.15) is 0 Å². The van der Waals surface area contributed by atoms with Crippen molar-refractivity contribution in [3.05, 3.63) is 57.6 Å². The van der Waals surface area contributed by atoms with E-state index in [9.17, 15) is 23.3 Å². The minimum absolute atomic E-state index is 0.0174. The number of carbonyl (C=O) groups excluding carboxylic acids is 1. The summed E-state index contributed by atoms with van der Waals surface area (Å²) in [5.41, 5.74) is 0.423. The maximum Gasteiger partial charge on any atom is 0.270 e. The number of amides is 1. The van der Waals surface area contributed by atoms with E-state index in [0.29, 0.717) is 5.56 Å². The van der Waals surface area contributed by atoms with Gasteiger partial charge in [-0.3, -0.25) is 14.9 Å². The molecule has 0 heterocycles. The smallest absolute Gasteiger partial charge is 0.270 e. The Morgan fingerprint density at radius 3 is 2.46 bits per heavy atom. The van der Waals surface area contributed by atoms with E-state index in [4.69, 9.17) is 4.74 Å². The SMILES string of the molecule is CNS(=O)(=O)c1cc(NC(=O)c2cc([N+](=O)[O-])ccc2OC)ccc1C. The maximum atomic E-state index is 12.5. The molecule has 0 fully saturated rings. The summed E-state index contributed by atoms with van der Waals surface area (Å²) < 4.78 is 31.3. The molecule has 138 valence electrons. The van der Waals surface area contributed by atoms with Gasteiger partial charge in [0.25, 0.3) is 11.6 Å². The number of aryl methyl sites for hydroxylation is 1. The van der Waals surface area contributed by atoms with Crippen LogP contribution in [0.1, 0.15) is 15.9 Å². The molecule has 1 amide bonds. The fourth-order valence-electron chi connectivity index (χ4n) is 2.26. The number of anilines is 1. The van der Waals surface area contributed by atoms with E-state index >= 15 is 0 Å². The van der Waals surface area contributed by atoms with Crippen LogP contribution < -0.4 is 14.8 Å². The molecule has 0 aliphatic rings. The number of ether oxygens (including phenoxy) is 1. The van der Waals surface area contributed by atoms with Crippen LogP contribution in [0.5, 0.6) is 5.75 Å². The number of nitrogens with one attached hydrogen (secondary N) is 2. The second kappa shape index (κ2) is 7.50. The first-order chi connectivity index (χ1) is 12.2. The lowest BCUT2D eigenvalue weighted by atomic mass is 10.1. The summed E-state index contributed by atoms with van der Waals surface area (Å²) in [7, 11) is -1.08. The van der Waals surface area contributed by atoms with E-state index < -0.39 is 20.9 Å². The number of hydrogen-bond donors (Lipinski definition) is 2. The van der Waals surface area contributed by atoms with Crippen molar-refractivity contribution in [2.24, 2.45) is 0 Å². The quantitative estimate of drug-likeness (QED) is 0.584. The average molecular weight is 379 g/mol. The van der Waals surface area contributed by atoms with Gasteiger partial charge < -0.3 is 10.1 Å². The van der Waals surface area contributed by atoms with Gasteiger partial charge in [-0.05, 0) is 37.7 Å². The van der Waals surface area contributed by atoms with Crippen LogP contribution in [0.25, 0.3) is 0 Å². The Morgan fingerprint density at radius 2 is 1.88 bits per heavy atom. The monoisotopic (exact) mass is 379 g/mol.